The van der Waals surface area contributed by atoms with Gasteiger partial charge in [0.1, 0.15) is 5.82 Å². The van der Waals surface area contributed by atoms with E-state index in [1.54, 1.807) is 12.1 Å². The summed E-state index contributed by atoms with van der Waals surface area (Å²) >= 11 is 6.11. The van der Waals surface area contributed by atoms with Gasteiger partial charge in [-0.1, -0.05) is 29.7 Å². The first-order valence-corrected chi connectivity index (χ1v) is 8.72. The summed E-state index contributed by atoms with van der Waals surface area (Å²) in [5, 5.41) is 4.47. The maximum absolute atomic E-state index is 13.9. The van der Waals surface area contributed by atoms with Crippen molar-refractivity contribution in [1.29, 1.82) is 0 Å². The molecule has 7 heteroatoms. The van der Waals surface area contributed by atoms with E-state index < -0.39 is 0 Å². The van der Waals surface area contributed by atoms with Gasteiger partial charge in [0.25, 0.3) is 0 Å². The Hall–Kier alpha value is -1.50. The van der Waals surface area contributed by atoms with Gasteiger partial charge in [0.15, 0.2) is 5.82 Å². The monoisotopic (exact) mass is 352 g/mol. The van der Waals surface area contributed by atoms with Crippen LogP contribution in [0.15, 0.2) is 22.7 Å². The molecule has 1 aliphatic rings. The molecule has 0 aliphatic carbocycles. The van der Waals surface area contributed by atoms with Gasteiger partial charge in [-0.15, -0.1) is 0 Å². The summed E-state index contributed by atoms with van der Waals surface area (Å²) in [6, 6.07) is 4.83. The highest BCUT2D eigenvalue weighted by atomic mass is 35.5. The Kier molecular flexibility index (Phi) is 5.81. The number of nitrogens with zero attached hydrogens (tertiary/aromatic N) is 4. The van der Waals surface area contributed by atoms with Gasteiger partial charge in [0, 0.05) is 49.7 Å². The number of aryl methyl sites for hydroxylation is 1. The zero-order valence-electron chi connectivity index (χ0n) is 13.8. The van der Waals surface area contributed by atoms with E-state index in [-0.39, 0.29) is 5.82 Å². The van der Waals surface area contributed by atoms with Crippen LogP contribution in [0.2, 0.25) is 5.02 Å². The standard InChI is InChI=1S/C17H22ClFN4O/c1-2-4-16-20-17(24-21-16)12-23-9-7-22(8-10-23)11-13-14(18)5-3-6-15(13)19/h3,5-6H,2,4,7-12H2,1H3. The topological polar surface area (TPSA) is 45.4 Å². The van der Waals surface area contributed by atoms with Crippen LogP contribution in [0.25, 0.3) is 0 Å². The molecule has 2 heterocycles. The second-order valence-electron chi connectivity index (χ2n) is 6.11. The molecule has 2 aromatic rings. The lowest BCUT2D eigenvalue weighted by atomic mass is 10.2. The summed E-state index contributed by atoms with van der Waals surface area (Å²) in [4.78, 5) is 8.90. The molecule has 0 radical (unpaired) electrons. The highest BCUT2D eigenvalue weighted by Crippen LogP contribution is 2.21. The summed E-state index contributed by atoms with van der Waals surface area (Å²) in [5.41, 5.74) is 0.578. The maximum atomic E-state index is 13.9. The fourth-order valence-corrected chi connectivity index (χ4v) is 3.11. The second-order valence-corrected chi connectivity index (χ2v) is 6.51. The minimum Gasteiger partial charge on any atom is -0.338 e. The van der Waals surface area contributed by atoms with Gasteiger partial charge in [0.2, 0.25) is 5.89 Å². The van der Waals surface area contributed by atoms with Crippen LogP contribution in [0.4, 0.5) is 4.39 Å². The Morgan fingerprint density at radius 3 is 2.54 bits per heavy atom. The van der Waals surface area contributed by atoms with Crippen molar-refractivity contribution in [1.82, 2.24) is 19.9 Å². The average molecular weight is 353 g/mol. The van der Waals surface area contributed by atoms with Gasteiger partial charge in [-0.05, 0) is 18.6 Å². The molecule has 130 valence electrons. The Labute approximate surface area is 146 Å². The molecule has 1 aromatic heterocycles. The summed E-state index contributed by atoms with van der Waals surface area (Å²) in [5.74, 6) is 1.21. The van der Waals surface area contributed by atoms with Crippen molar-refractivity contribution in [2.75, 3.05) is 26.2 Å². The van der Waals surface area contributed by atoms with Crippen LogP contribution in [0.1, 0.15) is 30.6 Å². The maximum Gasteiger partial charge on any atom is 0.240 e. The lowest BCUT2D eigenvalue weighted by Crippen LogP contribution is -2.45. The second kappa shape index (κ2) is 8.05. The van der Waals surface area contributed by atoms with Crippen LogP contribution in [-0.2, 0) is 19.5 Å². The van der Waals surface area contributed by atoms with Crippen molar-refractivity contribution in [3.8, 4) is 0 Å². The lowest BCUT2D eigenvalue weighted by Gasteiger charge is -2.34. The first-order valence-electron chi connectivity index (χ1n) is 8.34. The van der Waals surface area contributed by atoms with E-state index in [9.17, 15) is 4.39 Å². The Balaban J connectivity index is 1.50. The van der Waals surface area contributed by atoms with Gasteiger partial charge in [-0.2, -0.15) is 4.98 Å². The van der Waals surface area contributed by atoms with Crippen LogP contribution >= 0.6 is 11.6 Å². The van der Waals surface area contributed by atoms with E-state index in [2.05, 4.69) is 26.9 Å². The van der Waals surface area contributed by atoms with Crippen LogP contribution in [0.3, 0.4) is 0 Å². The van der Waals surface area contributed by atoms with Crippen LogP contribution in [-0.4, -0.2) is 46.1 Å². The van der Waals surface area contributed by atoms with Gasteiger partial charge in [0.05, 0.1) is 6.54 Å². The molecule has 0 bridgehead atoms. The molecular formula is C17H22ClFN4O. The average Bonchev–Trinajstić information content (AvgIpc) is 3.00. The zero-order valence-corrected chi connectivity index (χ0v) is 14.6. The zero-order chi connectivity index (χ0) is 16.9. The van der Waals surface area contributed by atoms with E-state index in [0.29, 0.717) is 29.6 Å². The van der Waals surface area contributed by atoms with E-state index in [1.165, 1.54) is 6.07 Å². The van der Waals surface area contributed by atoms with Crippen molar-refractivity contribution in [2.45, 2.75) is 32.9 Å². The molecule has 0 spiro atoms. The minimum atomic E-state index is -0.237. The first kappa shape index (κ1) is 17.3. The number of benzene rings is 1. The number of hydrogen-bond donors (Lipinski definition) is 0. The van der Waals surface area contributed by atoms with E-state index in [0.717, 1.165) is 44.8 Å². The molecule has 3 rings (SSSR count). The highest BCUT2D eigenvalue weighted by Gasteiger charge is 2.21. The summed E-state index contributed by atoms with van der Waals surface area (Å²) < 4.78 is 19.2. The molecule has 1 saturated heterocycles. The van der Waals surface area contributed by atoms with Gasteiger partial charge >= 0.3 is 0 Å². The molecule has 24 heavy (non-hydrogen) atoms. The molecule has 1 aromatic carbocycles. The number of halogens is 2. The molecule has 0 N–H and O–H groups in total. The third kappa shape index (κ3) is 4.32. The molecule has 0 saturated carbocycles. The number of rotatable bonds is 6. The third-order valence-electron chi connectivity index (χ3n) is 4.25. The van der Waals surface area contributed by atoms with Crippen LogP contribution in [0.5, 0.6) is 0 Å². The van der Waals surface area contributed by atoms with Crippen molar-refractivity contribution in [2.24, 2.45) is 0 Å². The van der Waals surface area contributed by atoms with Gasteiger partial charge in [-0.25, -0.2) is 4.39 Å². The SMILES string of the molecule is CCCc1noc(CN2CCN(Cc3c(F)cccc3Cl)CC2)n1. The number of hydrogen-bond acceptors (Lipinski definition) is 5. The van der Waals surface area contributed by atoms with Gasteiger partial charge < -0.3 is 4.52 Å². The molecule has 1 fully saturated rings. The fraction of sp³-hybridized carbons (Fsp3) is 0.529. The highest BCUT2D eigenvalue weighted by molar-refractivity contribution is 6.31. The van der Waals surface area contributed by atoms with Crippen molar-refractivity contribution >= 4 is 11.6 Å². The summed E-state index contributed by atoms with van der Waals surface area (Å²) in [6.45, 7) is 6.80. The molecular weight excluding hydrogens is 331 g/mol. The van der Waals surface area contributed by atoms with E-state index in [4.69, 9.17) is 16.1 Å². The molecule has 0 unspecified atom stereocenters. The van der Waals surface area contributed by atoms with Crippen molar-refractivity contribution in [3.05, 3.63) is 46.3 Å². The largest absolute Gasteiger partial charge is 0.338 e. The van der Waals surface area contributed by atoms with Crippen molar-refractivity contribution in [3.63, 3.8) is 0 Å². The molecule has 0 atom stereocenters. The normalized spacial score (nSPS) is 16.6. The third-order valence-corrected chi connectivity index (χ3v) is 4.61. The summed E-state index contributed by atoms with van der Waals surface area (Å²) in [7, 11) is 0. The van der Waals surface area contributed by atoms with Gasteiger partial charge in [-0.3, -0.25) is 9.80 Å². The number of aromatic nitrogens is 2. The Morgan fingerprint density at radius 2 is 1.88 bits per heavy atom. The minimum absolute atomic E-state index is 0.237. The lowest BCUT2D eigenvalue weighted by molar-refractivity contribution is 0.111. The molecule has 0 amide bonds. The van der Waals surface area contributed by atoms with Crippen LogP contribution in [0, 0.1) is 5.82 Å². The summed E-state index contributed by atoms with van der Waals surface area (Å²) in [6.07, 6.45) is 1.86. The predicted molar refractivity (Wildman–Crippen MR) is 90.3 cm³/mol. The smallest absolute Gasteiger partial charge is 0.240 e. The van der Waals surface area contributed by atoms with Crippen LogP contribution < -0.4 is 0 Å². The Bertz CT molecular complexity index is 650. The quantitative estimate of drug-likeness (QED) is 0.799. The fourth-order valence-electron chi connectivity index (χ4n) is 2.88. The Morgan fingerprint density at radius 1 is 1.17 bits per heavy atom. The number of piperazine rings is 1. The van der Waals surface area contributed by atoms with E-state index >= 15 is 0 Å². The molecule has 5 nitrogen and oxygen atoms in total. The predicted octanol–water partition coefficient (Wildman–Crippen LogP) is 3.13. The van der Waals surface area contributed by atoms with Crippen molar-refractivity contribution < 1.29 is 8.91 Å². The van der Waals surface area contributed by atoms with E-state index in [1.807, 2.05) is 0 Å². The first-order chi connectivity index (χ1) is 11.7. The molecule has 1 aliphatic heterocycles.